The number of fused-ring (bicyclic) bond motifs is 3. The third-order valence-electron chi connectivity index (χ3n) is 6.73. The third kappa shape index (κ3) is 7.30. The third-order valence-corrected chi connectivity index (χ3v) is 8.58. The van der Waals surface area contributed by atoms with Crippen molar-refractivity contribution < 1.29 is 23.0 Å². The molecule has 0 aliphatic heterocycles. The van der Waals surface area contributed by atoms with Crippen LogP contribution in [-0.2, 0) is 29.5 Å². The lowest BCUT2D eigenvalue weighted by molar-refractivity contribution is 0.172. The molecule has 0 saturated carbocycles. The summed E-state index contributed by atoms with van der Waals surface area (Å²) in [5.74, 6) is 1.25. The van der Waals surface area contributed by atoms with E-state index in [9.17, 15) is 13.5 Å². The normalized spacial score (nSPS) is 14.1. The molecule has 0 radical (unpaired) electrons. The Bertz CT molecular complexity index is 1520. The molecule has 9 heteroatoms. The summed E-state index contributed by atoms with van der Waals surface area (Å²) in [6, 6.07) is 21.0. The first kappa shape index (κ1) is 27.5. The predicted molar refractivity (Wildman–Crippen MR) is 157 cm³/mol. The number of aliphatic hydroxyl groups is 1. The summed E-state index contributed by atoms with van der Waals surface area (Å²) in [6.07, 6.45) is 5.17. The number of aryl methyl sites for hydroxylation is 2. The summed E-state index contributed by atoms with van der Waals surface area (Å²) < 4.78 is 39.5. The zero-order chi connectivity index (χ0) is 27.2. The molecule has 1 aromatic heterocycles. The molecule has 7 nitrogen and oxygen atoms in total. The van der Waals surface area contributed by atoms with Crippen LogP contribution in [0.15, 0.2) is 66.7 Å². The van der Waals surface area contributed by atoms with Gasteiger partial charge in [-0.2, -0.15) is 0 Å². The van der Waals surface area contributed by atoms with Crippen LogP contribution in [0.25, 0.3) is 10.1 Å². The Morgan fingerprint density at radius 3 is 2.64 bits per heavy atom. The molecule has 3 aromatic carbocycles. The van der Waals surface area contributed by atoms with Crippen molar-refractivity contribution in [1.29, 1.82) is 0 Å². The minimum absolute atomic E-state index is 0.291. The minimum atomic E-state index is -3.53. The Balaban J connectivity index is 1.14. The van der Waals surface area contributed by atoms with Crippen molar-refractivity contribution in [3.63, 3.8) is 0 Å². The van der Waals surface area contributed by atoms with Crippen molar-refractivity contribution in [2.75, 3.05) is 30.7 Å². The highest BCUT2D eigenvalue weighted by Gasteiger charge is 2.17. The lowest BCUT2D eigenvalue weighted by Crippen LogP contribution is -2.26. The number of nitrogens with one attached hydrogen (secondary N) is 2. The lowest BCUT2D eigenvalue weighted by atomic mass is 9.96. The number of sulfonamides is 1. The summed E-state index contributed by atoms with van der Waals surface area (Å²) in [7, 11) is -3.53. The molecule has 206 valence electrons. The van der Waals surface area contributed by atoms with Crippen molar-refractivity contribution >= 4 is 37.1 Å². The Morgan fingerprint density at radius 1 is 1.00 bits per heavy atom. The molecular weight excluding hydrogens is 532 g/mol. The SMILES string of the molecule is CS(=O)(=O)Nc1cc([C@@H](O)CNCCOc2ccc3c4c(sc3c2)CCCC4)ccc1OCc1ccccc1. The molecule has 1 aliphatic carbocycles. The second-order valence-electron chi connectivity index (χ2n) is 9.84. The number of hydrogen-bond donors (Lipinski definition) is 3. The van der Waals surface area contributed by atoms with Crippen LogP contribution in [0.5, 0.6) is 11.5 Å². The Kier molecular flexibility index (Phi) is 8.72. The maximum absolute atomic E-state index is 11.9. The van der Waals surface area contributed by atoms with Crippen LogP contribution < -0.4 is 19.5 Å². The highest BCUT2D eigenvalue weighted by atomic mass is 32.2. The van der Waals surface area contributed by atoms with Crippen molar-refractivity contribution in [3.8, 4) is 11.5 Å². The number of aliphatic hydroxyl groups excluding tert-OH is 1. The maximum Gasteiger partial charge on any atom is 0.229 e. The molecule has 4 aromatic rings. The molecule has 0 amide bonds. The Labute approximate surface area is 233 Å². The molecule has 1 aliphatic rings. The highest BCUT2D eigenvalue weighted by molar-refractivity contribution is 7.92. The smallest absolute Gasteiger partial charge is 0.229 e. The van der Waals surface area contributed by atoms with Crippen LogP contribution in [0.3, 0.4) is 0 Å². The maximum atomic E-state index is 11.9. The largest absolute Gasteiger partial charge is 0.492 e. The van der Waals surface area contributed by atoms with Crippen LogP contribution in [0.1, 0.15) is 40.5 Å². The van der Waals surface area contributed by atoms with E-state index in [2.05, 4.69) is 22.2 Å². The number of hydrogen-bond acceptors (Lipinski definition) is 7. The topological polar surface area (TPSA) is 96.9 Å². The summed E-state index contributed by atoms with van der Waals surface area (Å²) in [5.41, 5.74) is 3.36. The Morgan fingerprint density at radius 2 is 1.82 bits per heavy atom. The van der Waals surface area contributed by atoms with Crippen molar-refractivity contribution in [3.05, 3.63) is 88.3 Å². The van der Waals surface area contributed by atoms with Gasteiger partial charge in [0.25, 0.3) is 0 Å². The monoisotopic (exact) mass is 566 g/mol. The summed E-state index contributed by atoms with van der Waals surface area (Å²) >= 11 is 1.89. The van der Waals surface area contributed by atoms with Gasteiger partial charge in [0.15, 0.2) is 0 Å². The fourth-order valence-electron chi connectivity index (χ4n) is 4.83. The van der Waals surface area contributed by atoms with Crippen LogP contribution >= 0.6 is 11.3 Å². The molecule has 5 rings (SSSR count). The van der Waals surface area contributed by atoms with Gasteiger partial charge in [-0.1, -0.05) is 36.4 Å². The van der Waals surface area contributed by atoms with Gasteiger partial charge in [0, 0.05) is 22.7 Å². The highest BCUT2D eigenvalue weighted by Crippen LogP contribution is 2.38. The molecule has 0 fully saturated rings. The van der Waals surface area contributed by atoms with E-state index < -0.39 is 16.1 Å². The molecule has 0 unspecified atom stereocenters. The lowest BCUT2D eigenvalue weighted by Gasteiger charge is -2.17. The average Bonchev–Trinajstić information content (AvgIpc) is 3.29. The number of thiophene rings is 1. The van der Waals surface area contributed by atoms with Gasteiger partial charge >= 0.3 is 0 Å². The predicted octanol–water partition coefficient (Wildman–Crippen LogP) is 5.43. The second kappa shape index (κ2) is 12.4. The van der Waals surface area contributed by atoms with Crippen molar-refractivity contribution in [2.24, 2.45) is 0 Å². The summed E-state index contributed by atoms with van der Waals surface area (Å²) in [5, 5.41) is 15.3. The van der Waals surface area contributed by atoms with E-state index in [4.69, 9.17) is 9.47 Å². The molecule has 1 heterocycles. The number of rotatable bonds is 12. The second-order valence-corrected chi connectivity index (χ2v) is 12.7. The van der Waals surface area contributed by atoms with Crippen LogP contribution in [0.2, 0.25) is 0 Å². The molecule has 1 atom stereocenters. The first-order valence-electron chi connectivity index (χ1n) is 13.2. The fourth-order valence-corrected chi connectivity index (χ4v) is 6.71. The van der Waals surface area contributed by atoms with Crippen molar-refractivity contribution in [2.45, 2.75) is 38.4 Å². The first-order valence-corrected chi connectivity index (χ1v) is 15.9. The van der Waals surface area contributed by atoms with Crippen molar-refractivity contribution in [1.82, 2.24) is 5.32 Å². The minimum Gasteiger partial charge on any atom is -0.492 e. The molecule has 3 N–H and O–H groups in total. The van der Waals surface area contributed by atoms with Gasteiger partial charge in [-0.15, -0.1) is 11.3 Å². The number of anilines is 1. The van der Waals surface area contributed by atoms with E-state index in [-0.39, 0.29) is 0 Å². The molecular formula is C30H34N2O5S2. The first-order chi connectivity index (χ1) is 18.9. The van der Waals surface area contributed by atoms with E-state index in [1.165, 1.54) is 46.2 Å². The van der Waals surface area contributed by atoms with Gasteiger partial charge in [0.05, 0.1) is 18.0 Å². The van der Waals surface area contributed by atoms with Crippen LogP contribution in [0, 0.1) is 0 Å². The summed E-state index contributed by atoms with van der Waals surface area (Å²) in [6.45, 7) is 1.62. The van der Waals surface area contributed by atoms with Gasteiger partial charge in [-0.3, -0.25) is 4.72 Å². The van der Waals surface area contributed by atoms with Gasteiger partial charge in [0.1, 0.15) is 24.7 Å². The van der Waals surface area contributed by atoms with Crippen LogP contribution in [0.4, 0.5) is 5.69 Å². The quantitative estimate of drug-likeness (QED) is 0.198. The van der Waals surface area contributed by atoms with Gasteiger partial charge in [0.2, 0.25) is 10.0 Å². The van der Waals surface area contributed by atoms with Gasteiger partial charge < -0.3 is 19.9 Å². The van der Waals surface area contributed by atoms with Crippen LogP contribution in [-0.4, -0.2) is 39.5 Å². The van der Waals surface area contributed by atoms with E-state index in [0.29, 0.717) is 43.3 Å². The molecule has 39 heavy (non-hydrogen) atoms. The zero-order valence-electron chi connectivity index (χ0n) is 22.0. The van der Waals surface area contributed by atoms with E-state index in [0.717, 1.165) is 17.6 Å². The van der Waals surface area contributed by atoms with E-state index in [1.54, 1.807) is 18.2 Å². The standard InChI is InChI=1S/C30H34N2O5S2/c1-39(34,35)32-26-17-22(11-14-28(26)37-20-21-7-3-2-4-8-21)27(33)19-31-15-16-36-23-12-13-25-24-9-5-6-10-29(24)38-30(25)18-23/h2-4,7-8,11-14,17-18,27,31-33H,5-6,9-10,15-16,19-20H2,1H3/t27-/m0/s1. The summed E-state index contributed by atoms with van der Waals surface area (Å²) in [4.78, 5) is 1.52. The van der Waals surface area contributed by atoms with E-state index >= 15 is 0 Å². The molecule has 0 bridgehead atoms. The number of ether oxygens (including phenoxy) is 2. The van der Waals surface area contributed by atoms with E-state index in [1.807, 2.05) is 47.7 Å². The fraction of sp³-hybridized carbons (Fsp3) is 0.333. The molecule has 0 saturated heterocycles. The zero-order valence-corrected chi connectivity index (χ0v) is 23.6. The Hall–Kier alpha value is -3.11. The van der Waals surface area contributed by atoms with Gasteiger partial charge in [-0.25, -0.2) is 8.42 Å². The molecule has 0 spiro atoms. The number of benzene rings is 3. The average molecular weight is 567 g/mol. The van der Waals surface area contributed by atoms with Gasteiger partial charge in [-0.05, 0) is 78.1 Å².